The SMILES string of the molecule is CC(C)n1c(/C=C/[C@H](O)C[C@H](O)CC(=O)O)c(-c2ccc(F)cc2)c2ccccc21.CCC(C)(C)C(=O)O[C@H]1C[C@@H](C)C=C2C=C[C@H](C)[C@H](CC[C@@H]3C[C@@H](O)CC(=O)O3)[C@H]21.CC[C@H](C)C(=O)O[C@H]1C[C@@H](C)C=C2C=C[C@H](C)[C@H](CC[C@@H]3C[C@@H](O)CC(=O)O3)[C@H]21.CC[C@H](C)C(=O)O[C@H]1C[C@H](O)C=C2C=C[C@H](C)[C@H](CC[C@@H](O)C[C@H](O)CC(=O)O)[C@H]21. The van der Waals surface area contributed by atoms with Crippen LogP contribution in [0.15, 0.2) is 126 Å². The number of esters is 5. The van der Waals surface area contributed by atoms with E-state index < -0.39 is 72.6 Å². The molecule has 6 aliphatic carbocycles. The lowest BCUT2D eigenvalue weighted by Crippen LogP contribution is -2.43. The van der Waals surface area contributed by atoms with Crippen LogP contribution in [0.1, 0.15) is 237 Å². The molecule has 0 spiro atoms. The summed E-state index contributed by atoms with van der Waals surface area (Å²) >= 11 is 0. The number of carboxylic acids is 2. The lowest BCUT2D eigenvalue weighted by Gasteiger charge is -2.44. The van der Waals surface area contributed by atoms with Crippen LogP contribution in [0.4, 0.5) is 4.39 Å². The predicted octanol–water partition coefficient (Wildman–Crippen LogP) is 15.8. The van der Waals surface area contributed by atoms with Crippen LogP contribution in [-0.4, -0.2) is 166 Å². The van der Waals surface area contributed by atoms with Crippen molar-refractivity contribution in [3.05, 3.63) is 138 Å². The largest absolute Gasteiger partial charge is 0.481 e. The molecule has 3 heterocycles. The summed E-state index contributed by atoms with van der Waals surface area (Å²) in [5.74, 6) is -1.21. The number of aliphatic carboxylic acids is 2. The normalized spacial score (nSPS) is 29.8. The van der Waals surface area contributed by atoms with Crippen molar-refractivity contribution in [2.75, 3.05) is 0 Å². The molecule has 1 aromatic heterocycles. The van der Waals surface area contributed by atoms with Crippen molar-refractivity contribution in [3.63, 3.8) is 0 Å². The second-order valence-corrected chi connectivity index (χ2v) is 36.1. The molecule has 23 heteroatoms. The highest BCUT2D eigenvalue weighted by molar-refractivity contribution is 6.01. The first-order chi connectivity index (χ1) is 56.3. The minimum atomic E-state index is -1.13. The highest BCUT2D eigenvalue weighted by Gasteiger charge is 2.47. The van der Waals surface area contributed by atoms with E-state index in [-0.39, 0.29) is 140 Å². The van der Waals surface area contributed by atoms with E-state index in [1.54, 1.807) is 24.3 Å². The van der Waals surface area contributed by atoms with Crippen LogP contribution in [0, 0.1) is 88.2 Å². The number of hydrogen-bond acceptors (Lipinski definition) is 19. The fourth-order valence-electron chi connectivity index (χ4n) is 18.4. The number of hydrogen-bond donors (Lipinski definition) is 9. The van der Waals surface area contributed by atoms with Gasteiger partial charge >= 0.3 is 41.8 Å². The molecule has 2 aliphatic heterocycles. The molecule has 0 radical (unpaired) electrons. The Balaban J connectivity index is 0.000000198. The summed E-state index contributed by atoms with van der Waals surface area (Å²) in [4.78, 5) is 82.6. The Hall–Kier alpha value is -7.90. The van der Waals surface area contributed by atoms with Gasteiger partial charge in [-0.05, 0) is 199 Å². The van der Waals surface area contributed by atoms with Crippen LogP contribution in [0.2, 0.25) is 0 Å². The van der Waals surface area contributed by atoms with Gasteiger partial charge in [0.25, 0.3) is 0 Å². The Morgan fingerprint density at radius 3 is 1.47 bits per heavy atom. The molecule has 25 atom stereocenters. The van der Waals surface area contributed by atoms with E-state index in [4.69, 9.17) is 33.9 Å². The fraction of sp³-hybridized carbons (Fsp3) is 0.635. The van der Waals surface area contributed by atoms with Crippen molar-refractivity contribution in [2.45, 2.75) is 305 Å². The fourth-order valence-corrected chi connectivity index (χ4v) is 18.4. The zero-order chi connectivity index (χ0) is 87.4. The number of fused-ring (bicyclic) bond motifs is 4. The minimum absolute atomic E-state index is 0.0156. The average molecular weight is 1660 g/mol. The van der Waals surface area contributed by atoms with Crippen molar-refractivity contribution in [1.29, 1.82) is 0 Å². The van der Waals surface area contributed by atoms with Gasteiger partial charge in [0.1, 0.15) is 36.3 Å². The van der Waals surface area contributed by atoms with Crippen molar-refractivity contribution in [2.24, 2.45) is 82.3 Å². The van der Waals surface area contributed by atoms with Crippen LogP contribution in [0.3, 0.4) is 0 Å². The van der Waals surface area contributed by atoms with Gasteiger partial charge in [-0.15, -0.1) is 0 Å². The van der Waals surface area contributed by atoms with Gasteiger partial charge in [-0.2, -0.15) is 0 Å². The van der Waals surface area contributed by atoms with Crippen LogP contribution < -0.4 is 0 Å². The number of benzene rings is 2. The standard InChI is InChI=1S/C25H38O5.C24H26FNO4.C24H36O5.C23H36O7/c1-6-25(4,5)24(28)30-21-12-15(2)11-17-8-7-16(3)20(23(17)21)10-9-19-13-18(26)14-22(27)29-19;1-15(2)26-21-6-4-3-5-20(21)24(16-7-9-17(25)10-8-16)22(26)12-11-18(27)13-19(28)14-23(29)30;1-5-15(3)24(27)29-21-11-14(2)10-17-7-6-16(4)20(23(17)21)9-8-19-12-18(25)13-22(26)28-19;1-4-13(2)23(29)30-20-11-17(25)9-15-6-5-14(3)19(22(15)20)8-7-16(24)10-18(26)12-21(27)28/h7-8,11,15-16,18-21,23,26H,6,9-10,12-14H2,1-5H3;3-12,15,18-19,27-28H,13-14H2,1-2H3,(H,29,30);6-7,10,14-16,18-21,23,25H,5,8-9,11-13H2,1-4H3;5-6,9,13-14,16-20,22,24-26H,4,7-8,10-12H2,1-3H3,(H,27,28)/b;12-11+;;/t15-,16-,18+,19+,20-,21-,23-;18-,19-;14-,15-,16-,18+,19+,20-,21-,23-;13-,14-,16+,17+,18-,19-,20-,22-/m0000/s1. The molecule has 2 aromatic carbocycles. The number of rotatable bonds is 30. The van der Waals surface area contributed by atoms with Crippen LogP contribution in [0.25, 0.3) is 28.1 Å². The van der Waals surface area contributed by atoms with Gasteiger partial charge in [0.2, 0.25) is 0 Å². The van der Waals surface area contributed by atoms with E-state index in [0.717, 1.165) is 84.7 Å². The molecular formula is C96H136FNO21. The number of ether oxygens (including phenoxy) is 5. The lowest BCUT2D eigenvalue weighted by atomic mass is 9.65. The van der Waals surface area contributed by atoms with Crippen LogP contribution in [0.5, 0.6) is 0 Å². The number of carboxylic acid groups (broad SMARTS) is 2. The number of aliphatic hydroxyl groups is 7. The first kappa shape index (κ1) is 96.6. The molecule has 658 valence electrons. The molecule has 2 saturated heterocycles. The summed E-state index contributed by atoms with van der Waals surface area (Å²) in [5.41, 5.74) is 6.67. The second-order valence-electron chi connectivity index (χ2n) is 36.1. The number of carbonyl (C=O) groups excluding carboxylic acids is 5. The van der Waals surface area contributed by atoms with Gasteiger partial charge in [0, 0.05) is 71.6 Å². The maximum atomic E-state index is 13.5. The average Bonchev–Trinajstić information content (AvgIpc) is 1.62. The third-order valence-electron chi connectivity index (χ3n) is 25.7. The number of carbonyl (C=O) groups is 7. The molecule has 8 aliphatic rings. The summed E-state index contributed by atoms with van der Waals surface area (Å²) in [6.45, 7) is 28.6. The van der Waals surface area contributed by atoms with E-state index in [2.05, 4.69) is 95.6 Å². The number of aliphatic hydroxyl groups excluding tert-OH is 7. The van der Waals surface area contributed by atoms with E-state index in [1.807, 2.05) is 84.9 Å². The topological polar surface area (TPSA) is 353 Å². The molecule has 11 rings (SSSR count). The predicted molar refractivity (Wildman–Crippen MR) is 453 cm³/mol. The maximum absolute atomic E-state index is 13.5. The van der Waals surface area contributed by atoms with Crippen LogP contribution in [-0.2, 0) is 57.2 Å². The summed E-state index contributed by atoms with van der Waals surface area (Å²) in [6.07, 6.45) is 24.7. The monoisotopic (exact) mass is 1660 g/mol. The first-order valence-electron chi connectivity index (χ1n) is 43.8. The third kappa shape index (κ3) is 27.3. The van der Waals surface area contributed by atoms with E-state index in [9.17, 15) is 73.7 Å². The molecule has 3 aromatic rings. The van der Waals surface area contributed by atoms with Crippen molar-refractivity contribution < 1.29 is 108 Å². The highest BCUT2D eigenvalue weighted by Crippen LogP contribution is 2.49. The quantitative estimate of drug-likeness (QED) is 0.0221. The number of allylic oxidation sites excluding steroid dienone is 8. The highest BCUT2D eigenvalue weighted by atomic mass is 19.1. The number of aromatic nitrogens is 1. The molecule has 0 amide bonds. The zero-order valence-corrected chi connectivity index (χ0v) is 72.4. The summed E-state index contributed by atoms with van der Waals surface area (Å²) in [7, 11) is 0. The van der Waals surface area contributed by atoms with Crippen molar-refractivity contribution in [3.8, 4) is 11.1 Å². The molecule has 2 fully saturated rings. The van der Waals surface area contributed by atoms with E-state index in [0.29, 0.717) is 74.0 Å². The van der Waals surface area contributed by atoms with Gasteiger partial charge in [0.05, 0.1) is 85.7 Å². The smallest absolute Gasteiger partial charge is 0.311 e. The Labute approximate surface area is 703 Å². The summed E-state index contributed by atoms with van der Waals surface area (Å²) in [5, 5.41) is 88.7. The van der Waals surface area contributed by atoms with Gasteiger partial charge in [-0.25, -0.2) is 4.39 Å². The Morgan fingerprint density at radius 2 is 1.02 bits per heavy atom. The molecule has 0 saturated carbocycles. The van der Waals surface area contributed by atoms with Gasteiger partial charge < -0.3 is 74.2 Å². The molecular weight excluding hydrogens is 1520 g/mol. The third-order valence-corrected chi connectivity index (χ3v) is 25.7. The van der Waals surface area contributed by atoms with Gasteiger partial charge in [-0.3, -0.25) is 33.6 Å². The molecule has 119 heavy (non-hydrogen) atoms. The minimum Gasteiger partial charge on any atom is -0.481 e. The molecule has 0 unspecified atom stereocenters. The van der Waals surface area contributed by atoms with Crippen molar-refractivity contribution in [1.82, 2.24) is 4.57 Å². The second kappa shape index (κ2) is 44.8. The first-order valence-corrected chi connectivity index (χ1v) is 43.8. The Morgan fingerprint density at radius 1 is 0.571 bits per heavy atom. The number of nitrogens with zero attached hydrogens (tertiary/aromatic N) is 1. The zero-order valence-electron chi connectivity index (χ0n) is 72.4. The number of para-hydroxylation sites is 1. The number of cyclic esters (lactones) is 2. The Bertz CT molecular complexity index is 4110. The van der Waals surface area contributed by atoms with E-state index in [1.165, 1.54) is 23.3 Å². The molecule has 9 N–H and O–H groups in total. The summed E-state index contributed by atoms with van der Waals surface area (Å²) in [6, 6.07) is 14.4. The maximum Gasteiger partial charge on any atom is 0.311 e. The van der Waals surface area contributed by atoms with E-state index >= 15 is 0 Å². The van der Waals surface area contributed by atoms with Crippen molar-refractivity contribution >= 4 is 58.8 Å². The Kier molecular flexibility index (Phi) is 36.3. The number of halogens is 1. The molecule has 0 bridgehead atoms. The summed E-state index contributed by atoms with van der Waals surface area (Å²) < 4.78 is 44.6. The van der Waals surface area contributed by atoms with Crippen LogP contribution >= 0.6 is 0 Å². The van der Waals surface area contributed by atoms with Gasteiger partial charge in [0.15, 0.2) is 0 Å². The molecule has 22 nitrogen and oxygen atoms in total. The van der Waals surface area contributed by atoms with Gasteiger partial charge in [-0.1, -0.05) is 160 Å². The lowest BCUT2D eigenvalue weighted by molar-refractivity contribution is -0.166.